The van der Waals surface area contributed by atoms with E-state index >= 15 is 0 Å². The Morgan fingerprint density at radius 2 is 2.00 bits per heavy atom. The normalized spacial score (nSPS) is 10.4. The van der Waals surface area contributed by atoms with Crippen LogP contribution < -0.4 is 10.6 Å². The van der Waals surface area contributed by atoms with Crippen molar-refractivity contribution < 1.29 is 0 Å². The predicted molar refractivity (Wildman–Crippen MR) is 78.2 cm³/mol. The minimum absolute atomic E-state index is 0.688. The second kappa shape index (κ2) is 6.85. The van der Waals surface area contributed by atoms with E-state index in [0.717, 1.165) is 24.6 Å². The van der Waals surface area contributed by atoms with Gasteiger partial charge in [-0.2, -0.15) is 0 Å². The zero-order chi connectivity index (χ0) is 13.5. The lowest BCUT2D eigenvalue weighted by molar-refractivity contribution is 0.758. The van der Waals surface area contributed by atoms with Gasteiger partial charge in [0.15, 0.2) is 0 Å². The Hall–Kier alpha value is -1.94. The highest BCUT2D eigenvalue weighted by atomic mass is 15.0. The van der Waals surface area contributed by atoms with E-state index in [2.05, 4.69) is 51.8 Å². The van der Waals surface area contributed by atoms with Crippen LogP contribution in [0.5, 0.6) is 0 Å². The summed E-state index contributed by atoms with van der Waals surface area (Å²) in [5, 5.41) is 6.39. The highest BCUT2D eigenvalue weighted by Crippen LogP contribution is 2.08. The van der Waals surface area contributed by atoms with E-state index in [0.29, 0.717) is 6.54 Å². The number of benzene rings is 1. The lowest BCUT2D eigenvalue weighted by Gasteiger charge is -2.08. The number of hydrogen-bond acceptors (Lipinski definition) is 4. The molecular formula is C15H20N4. The summed E-state index contributed by atoms with van der Waals surface area (Å²) in [7, 11) is 1.89. The molecule has 1 aromatic heterocycles. The van der Waals surface area contributed by atoms with Crippen molar-refractivity contribution in [3.8, 4) is 0 Å². The van der Waals surface area contributed by atoms with Crippen LogP contribution in [0.2, 0.25) is 0 Å². The molecule has 0 radical (unpaired) electrons. The van der Waals surface area contributed by atoms with Gasteiger partial charge >= 0.3 is 0 Å². The van der Waals surface area contributed by atoms with Gasteiger partial charge in [-0.25, -0.2) is 9.97 Å². The lowest BCUT2D eigenvalue weighted by Crippen LogP contribution is -2.12. The van der Waals surface area contributed by atoms with Crippen molar-refractivity contribution >= 4 is 5.82 Å². The van der Waals surface area contributed by atoms with Crippen molar-refractivity contribution in [1.29, 1.82) is 0 Å². The summed E-state index contributed by atoms with van der Waals surface area (Å²) in [5.74, 6) is 1.69. The number of anilines is 1. The summed E-state index contributed by atoms with van der Waals surface area (Å²) in [4.78, 5) is 8.63. The number of nitrogens with one attached hydrogen (secondary N) is 2. The third-order valence-corrected chi connectivity index (χ3v) is 3.00. The molecule has 100 valence electrons. The zero-order valence-corrected chi connectivity index (χ0v) is 11.5. The summed E-state index contributed by atoms with van der Waals surface area (Å²) in [6.45, 7) is 3.71. The molecule has 0 aliphatic rings. The van der Waals surface area contributed by atoms with Crippen LogP contribution in [-0.4, -0.2) is 23.6 Å². The molecule has 0 saturated carbocycles. The Kier molecular flexibility index (Phi) is 4.86. The first kappa shape index (κ1) is 13.5. The predicted octanol–water partition coefficient (Wildman–Crippen LogP) is 2.16. The Bertz CT molecular complexity index is 525. The van der Waals surface area contributed by atoms with Gasteiger partial charge in [-0.1, -0.05) is 24.3 Å². The van der Waals surface area contributed by atoms with Crippen molar-refractivity contribution in [2.24, 2.45) is 0 Å². The van der Waals surface area contributed by atoms with Gasteiger partial charge in [0, 0.05) is 12.7 Å². The quantitative estimate of drug-likeness (QED) is 0.831. The van der Waals surface area contributed by atoms with E-state index in [1.54, 1.807) is 6.20 Å². The fourth-order valence-corrected chi connectivity index (χ4v) is 1.96. The average Bonchev–Trinajstić information content (AvgIpc) is 2.42. The zero-order valence-electron chi connectivity index (χ0n) is 11.5. The number of aryl methyl sites for hydroxylation is 1. The second-order valence-corrected chi connectivity index (χ2v) is 4.49. The van der Waals surface area contributed by atoms with Gasteiger partial charge in [-0.15, -0.1) is 0 Å². The molecule has 0 aliphatic heterocycles. The summed E-state index contributed by atoms with van der Waals surface area (Å²) < 4.78 is 0. The maximum atomic E-state index is 4.43. The van der Waals surface area contributed by atoms with E-state index in [1.807, 2.05) is 13.1 Å². The van der Waals surface area contributed by atoms with Gasteiger partial charge < -0.3 is 10.6 Å². The molecule has 4 heteroatoms. The number of rotatable bonds is 6. The molecule has 2 N–H and O–H groups in total. The van der Waals surface area contributed by atoms with E-state index in [9.17, 15) is 0 Å². The minimum atomic E-state index is 0.688. The van der Waals surface area contributed by atoms with Crippen LogP contribution >= 0.6 is 0 Å². The second-order valence-electron chi connectivity index (χ2n) is 4.49. The molecule has 2 rings (SSSR count). The summed E-state index contributed by atoms with van der Waals surface area (Å²) in [6, 6.07) is 10.4. The molecule has 1 heterocycles. The highest BCUT2D eigenvalue weighted by Gasteiger charge is 1.99. The molecule has 2 aromatic rings. The molecule has 0 saturated heterocycles. The molecule has 0 fully saturated rings. The maximum Gasteiger partial charge on any atom is 0.144 e. The number of aromatic nitrogens is 2. The van der Waals surface area contributed by atoms with Crippen molar-refractivity contribution in [1.82, 2.24) is 15.3 Å². The van der Waals surface area contributed by atoms with E-state index in [-0.39, 0.29) is 0 Å². The lowest BCUT2D eigenvalue weighted by atomic mass is 10.1. The van der Waals surface area contributed by atoms with Crippen molar-refractivity contribution in [3.05, 3.63) is 53.5 Å². The molecule has 0 aliphatic carbocycles. The van der Waals surface area contributed by atoms with Gasteiger partial charge in [0.25, 0.3) is 0 Å². The maximum absolute atomic E-state index is 4.43. The number of nitrogens with zero attached hydrogens (tertiary/aromatic N) is 2. The molecule has 0 atom stereocenters. The third kappa shape index (κ3) is 4.03. The van der Waals surface area contributed by atoms with Crippen LogP contribution in [0.1, 0.15) is 17.0 Å². The Labute approximate surface area is 114 Å². The van der Waals surface area contributed by atoms with Crippen molar-refractivity contribution in [2.75, 3.05) is 18.9 Å². The SMILES string of the molecule is CNCc1nccc(NCCc2ccccc2C)n1. The molecule has 19 heavy (non-hydrogen) atoms. The van der Waals surface area contributed by atoms with Crippen LogP contribution in [0.4, 0.5) is 5.82 Å². The van der Waals surface area contributed by atoms with Gasteiger partial charge in [-0.3, -0.25) is 0 Å². The molecule has 0 bridgehead atoms. The summed E-state index contributed by atoms with van der Waals surface area (Å²) in [6.07, 6.45) is 2.79. The number of hydrogen-bond donors (Lipinski definition) is 2. The van der Waals surface area contributed by atoms with Crippen LogP contribution in [0, 0.1) is 6.92 Å². The van der Waals surface area contributed by atoms with Gasteiger partial charge in [0.2, 0.25) is 0 Å². The topological polar surface area (TPSA) is 49.8 Å². The molecule has 0 unspecified atom stereocenters. The fraction of sp³-hybridized carbons (Fsp3) is 0.333. The monoisotopic (exact) mass is 256 g/mol. The van der Waals surface area contributed by atoms with E-state index < -0.39 is 0 Å². The van der Waals surface area contributed by atoms with Crippen molar-refractivity contribution in [3.63, 3.8) is 0 Å². The van der Waals surface area contributed by atoms with Crippen LogP contribution in [-0.2, 0) is 13.0 Å². The van der Waals surface area contributed by atoms with Gasteiger partial charge in [0.1, 0.15) is 11.6 Å². The molecule has 0 spiro atoms. The first-order valence-electron chi connectivity index (χ1n) is 6.54. The highest BCUT2D eigenvalue weighted by molar-refractivity contribution is 5.34. The molecule has 1 aromatic carbocycles. The minimum Gasteiger partial charge on any atom is -0.370 e. The van der Waals surface area contributed by atoms with Crippen LogP contribution in [0.3, 0.4) is 0 Å². The van der Waals surface area contributed by atoms with Gasteiger partial charge in [0.05, 0.1) is 6.54 Å². The van der Waals surface area contributed by atoms with E-state index in [1.165, 1.54) is 11.1 Å². The van der Waals surface area contributed by atoms with E-state index in [4.69, 9.17) is 0 Å². The average molecular weight is 256 g/mol. The summed E-state index contributed by atoms with van der Waals surface area (Å²) in [5.41, 5.74) is 2.71. The fourth-order valence-electron chi connectivity index (χ4n) is 1.96. The molecule has 4 nitrogen and oxygen atoms in total. The largest absolute Gasteiger partial charge is 0.370 e. The molecular weight excluding hydrogens is 236 g/mol. The van der Waals surface area contributed by atoms with Crippen molar-refractivity contribution in [2.45, 2.75) is 19.9 Å². The van der Waals surface area contributed by atoms with Crippen LogP contribution in [0.15, 0.2) is 36.5 Å². The smallest absolute Gasteiger partial charge is 0.144 e. The molecule has 0 amide bonds. The first-order valence-corrected chi connectivity index (χ1v) is 6.54. The first-order chi connectivity index (χ1) is 9.29. The van der Waals surface area contributed by atoms with Gasteiger partial charge in [-0.05, 0) is 37.6 Å². The Morgan fingerprint density at radius 1 is 1.16 bits per heavy atom. The Morgan fingerprint density at radius 3 is 2.79 bits per heavy atom. The summed E-state index contributed by atoms with van der Waals surface area (Å²) >= 11 is 0. The third-order valence-electron chi connectivity index (χ3n) is 3.00. The standard InChI is InChI=1S/C15H20N4/c1-12-5-3-4-6-13(12)7-9-17-14-8-10-18-15(19-14)11-16-2/h3-6,8,10,16H,7,9,11H2,1-2H3,(H,17,18,19). The van der Waals surface area contributed by atoms with Crippen LogP contribution in [0.25, 0.3) is 0 Å². The Balaban J connectivity index is 1.89.